The van der Waals surface area contributed by atoms with E-state index >= 15 is 0 Å². The summed E-state index contributed by atoms with van der Waals surface area (Å²) in [5.41, 5.74) is 7.58. The van der Waals surface area contributed by atoms with E-state index in [0.717, 1.165) is 61.9 Å². The van der Waals surface area contributed by atoms with E-state index in [2.05, 4.69) is 105 Å². The Labute approximate surface area is 301 Å². The lowest BCUT2D eigenvalue weighted by molar-refractivity contribution is 0.382. The lowest BCUT2D eigenvalue weighted by Gasteiger charge is -2.23. The monoisotopic (exact) mass is 707 g/mol. The lowest BCUT2D eigenvalue weighted by atomic mass is 10.00. The number of rotatable bonds is 15. The van der Waals surface area contributed by atoms with Gasteiger partial charge in [0, 0.05) is 6.42 Å². The standard InChI is InChI=1S/C43H49O5P2/c1-29(2)36-16-10-13-19-41(36)45-49(9)44-39-24-22-32(7)26-34(39)28-35-27-33(8)23-25-40(35)46-50(47-42-20-14-11-17-37(42)30(3)4)48-43-21-15-12-18-38(43)31(5)6/h10-27,29-31H,9,28H2,1-8H3. The number of hydrogen-bond acceptors (Lipinski definition) is 5. The van der Waals surface area contributed by atoms with Crippen LogP contribution in [0.2, 0.25) is 0 Å². The van der Waals surface area contributed by atoms with Crippen molar-refractivity contribution < 1.29 is 22.6 Å². The van der Waals surface area contributed by atoms with Gasteiger partial charge < -0.3 is 22.6 Å². The van der Waals surface area contributed by atoms with Crippen molar-refractivity contribution in [3.8, 4) is 28.7 Å². The van der Waals surface area contributed by atoms with E-state index < -0.39 is 17.0 Å². The molecule has 0 spiro atoms. The van der Waals surface area contributed by atoms with Crippen LogP contribution in [0.15, 0.2) is 109 Å². The summed E-state index contributed by atoms with van der Waals surface area (Å²) in [5.74, 6) is 4.58. The molecule has 0 saturated heterocycles. The summed E-state index contributed by atoms with van der Waals surface area (Å²) in [6, 6.07) is 36.7. The van der Waals surface area contributed by atoms with Crippen molar-refractivity contribution in [3.05, 3.63) is 155 Å². The van der Waals surface area contributed by atoms with E-state index in [4.69, 9.17) is 22.6 Å². The van der Waals surface area contributed by atoms with Crippen LogP contribution >= 0.6 is 17.0 Å². The Kier molecular flexibility index (Phi) is 12.8. The zero-order chi connectivity index (χ0) is 35.8. The van der Waals surface area contributed by atoms with Gasteiger partial charge in [0.2, 0.25) is 0 Å². The summed E-state index contributed by atoms with van der Waals surface area (Å²) in [4.78, 5) is 0. The molecule has 0 fully saturated rings. The normalized spacial score (nSPS) is 12.0. The molecule has 5 nitrogen and oxygen atoms in total. The van der Waals surface area contributed by atoms with Crippen molar-refractivity contribution in [1.82, 2.24) is 0 Å². The van der Waals surface area contributed by atoms with Crippen molar-refractivity contribution >= 4 is 17.0 Å². The van der Waals surface area contributed by atoms with Crippen LogP contribution in [0.4, 0.5) is 0 Å². The molecular weight excluding hydrogens is 658 g/mol. The summed E-state index contributed by atoms with van der Waals surface area (Å²) < 4.78 is 32.8. The van der Waals surface area contributed by atoms with Gasteiger partial charge >= 0.3 is 8.60 Å². The summed E-state index contributed by atoms with van der Waals surface area (Å²) >= 11 is 0. The van der Waals surface area contributed by atoms with Gasteiger partial charge in [-0.15, -0.1) is 0 Å². The highest BCUT2D eigenvalue weighted by Crippen LogP contribution is 2.48. The average Bonchev–Trinajstić information content (AvgIpc) is 3.07. The maximum Gasteiger partial charge on any atom is 0.530 e. The van der Waals surface area contributed by atoms with Gasteiger partial charge in [-0.1, -0.05) is 132 Å². The highest BCUT2D eigenvalue weighted by Gasteiger charge is 2.26. The zero-order valence-corrected chi connectivity index (χ0v) is 32.3. The Morgan fingerprint density at radius 3 is 1.22 bits per heavy atom. The van der Waals surface area contributed by atoms with E-state index in [1.54, 1.807) is 0 Å². The average molecular weight is 708 g/mol. The molecule has 261 valence electrons. The molecule has 0 aromatic heterocycles. The Morgan fingerprint density at radius 2 is 0.800 bits per heavy atom. The second kappa shape index (κ2) is 17.3. The predicted molar refractivity (Wildman–Crippen MR) is 209 cm³/mol. The van der Waals surface area contributed by atoms with E-state index in [-0.39, 0.29) is 11.8 Å². The molecule has 1 unspecified atom stereocenters. The van der Waals surface area contributed by atoms with Crippen molar-refractivity contribution in [3.63, 3.8) is 0 Å². The Morgan fingerprint density at radius 1 is 0.460 bits per heavy atom. The third-order valence-electron chi connectivity index (χ3n) is 8.35. The molecule has 5 aromatic rings. The molecule has 0 saturated carbocycles. The van der Waals surface area contributed by atoms with Crippen molar-refractivity contribution in [2.45, 2.75) is 79.6 Å². The summed E-state index contributed by atoms with van der Waals surface area (Å²) in [6.07, 6.45) is 0.564. The SMILES string of the molecule is [CH2]P(Oc1ccc(C)cc1Cc1cc(C)ccc1OP(Oc1ccccc1C(C)C)Oc1ccccc1C(C)C)Oc1ccccc1C(C)C. The van der Waals surface area contributed by atoms with Gasteiger partial charge in [-0.05, 0) is 89.8 Å². The minimum Gasteiger partial charge on any atom is -0.438 e. The van der Waals surface area contributed by atoms with Gasteiger partial charge in [0.1, 0.15) is 28.7 Å². The van der Waals surface area contributed by atoms with E-state index in [1.807, 2.05) is 66.7 Å². The maximum absolute atomic E-state index is 6.76. The van der Waals surface area contributed by atoms with Gasteiger partial charge in [-0.2, -0.15) is 0 Å². The second-order valence-corrected chi connectivity index (χ2v) is 15.5. The smallest absolute Gasteiger partial charge is 0.438 e. The van der Waals surface area contributed by atoms with Crippen LogP contribution in [0.25, 0.3) is 0 Å². The third-order valence-corrected chi connectivity index (χ3v) is 10.2. The van der Waals surface area contributed by atoms with Gasteiger partial charge in [0.15, 0.2) is 0 Å². The first-order valence-corrected chi connectivity index (χ1v) is 19.7. The zero-order valence-electron chi connectivity index (χ0n) is 30.5. The highest BCUT2D eigenvalue weighted by atomic mass is 31.2. The van der Waals surface area contributed by atoms with Crippen LogP contribution in [0, 0.1) is 20.5 Å². The molecule has 50 heavy (non-hydrogen) atoms. The molecule has 0 amide bonds. The van der Waals surface area contributed by atoms with Gasteiger partial charge in [-0.3, -0.25) is 0 Å². The van der Waals surface area contributed by atoms with Gasteiger partial charge in [0.25, 0.3) is 8.38 Å². The van der Waals surface area contributed by atoms with Gasteiger partial charge in [0.05, 0.1) is 6.66 Å². The van der Waals surface area contributed by atoms with Crippen molar-refractivity contribution in [2.24, 2.45) is 0 Å². The molecular formula is C43H49O5P2. The van der Waals surface area contributed by atoms with Gasteiger partial charge in [-0.25, -0.2) is 0 Å². The first-order chi connectivity index (χ1) is 24.0. The molecule has 0 aliphatic rings. The first-order valence-electron chi connectivity index (χ1n) is 17.2. The van der Waals surface area contributed by atoms with Crippen LogP contribution in [0.5, 0.6) is 28.7 Å². The molecule has 1 radical (unpaired) electrons. The molecule has 0 aliphatic heterocycles. The fourth-order valence-corrected chi connectivity index (χ4v) is 7.66. The fraction of sp³-hybridized carbons (Fsp3) is 0.279. The molecule has 7 heteroatoms. The van der Waals surface area contributed by atoms with Crippen molar-refractivity contribution in [2.75, 3.05) is 0 Å². The molecule has 5 aromatic carbocycles. The van der Waals surface area contributed by atoms with Crippen LogP contribution < -0.4 is 22.6 Å². The fourth-order valence-electron chi connectivity index (χ4n) is 5.73. The molecule has 1 atom stereocenters. The Balaban J connectivity index is 1.46. The first kappa shape index (κ1) is 37.2. The van der Waals surface area contributed by atoms with Crippen molar-refractivity contribution in [1.29, 1.82) is 0 Å². The topological polar surface area (TPSA) is 46.2 Å². The summed E-state index contributed by atoms with van der Waals surface area (Å²) in [6.45, 7) is 21.4. The maximum atomic E-state index is 6.76. The third kappa shape index (κ3) is 9.81. The lowest BCUT2D eigenvalue weighted by Crippen LogP contribution is -2.07. The minimum absolute atomic E-state index is 0.266. The number of aryl methyl sites for hydroxylation is 2. The van der Waals surface area contributed by atoms with E-state index in [9.17, 15) is 0 Å². The number of hydrogen-bond donors (Lipinski definition) is 0. The van der Waals surface area contributed by atoms with E-state index in [1.165, 1.54) is 0 Å². The molecule has 0 bridgehead atoms. The molecule has 0 aliphatic carbocycles. The Hall–Kier alpha value is -4.04. The summed E-state index contributed by atoms with van der Waals surface area (Å²) in [7, 11) is -3.39. The second-order valence-electron chi connectivity index (χ2n) is 13.5. The van der Waals surface area contributed by atoms with Crippen LogP contribution in [0.1, 0.15) is 98.2 Å². The number of para-hydroxylation sites is 3. The predicted octanol–water partition coefficient (Wildman–Crippen LogP) is 13.6. The molecule has 5 rings (SSSR count). The van der Waals surface area contributed by atoms with Crippen LogP contribution in [0.3, 0.4) is 0 Å². The molecule has 0 N–H and O–H groups in total. The van der Waals surface area contributed by atoms with Crippen LogP contribution in [-0.4, -0.2) is 0 Å². The highest BCUT2D eigenvalue weighted by molar-refractivity contribution is 7.49. The quantitative estimate of drug-likeness (QED) is 0.101. The summed E-state index contributed by atoms with van der Waals surface area (Å²) in [5, 5.41) is 0. The minimum atomic E-state index is -1.89. The van der Waals surface area contributed by atoms with E-state index in [0.29, 0.717) is 18.1 Å². The molecule has 0 heterocycles. The Bertz CT molecular complexity index is 1820. The largest absolute Gasteiger partial charge is 0.530 e. The number of benzene rings is 5. The van der Waals surface area contributed by atoms with Crippen LogP contribution in [-0.2, 0) is 6.42 Å².